The number of benzene rings is 1. The number of aldehydes is 1. The van der Waals surface area contributed by atoms with Gasteiger partial charge in [-0.25, -0.2) is 0 Å². The Balaban J connectivity index is 1.27. The van der Waals surface area contributed by atoms with E-state index in [0.717, 1.165) is 29.5 Å². The van der Waals surface area contributed by atoms with Crippen LogP contribution in [0, 0.1) is 0 Å². The first kappa shape index (κ1) is 26.1. The molecule has 10 heteroatoms. The minimum absolute atomic E-state index is 0.0620. The summed E-state index contributed by atoms with van der Waals surface area (Å²) in [7, 11) is 1.58. The minimum Gasteiger partial charge on any atom is -0.484 e. The summed E-state index contributed by atoms with van der Waals surface area (Å²) in [5.74, 6) is 0.224. The number of nitrogens with zero attached hydrogens (tertiary/aromatic N) is 4. The molecule has 1 aromatic carbocycles. The zero-order chi connectivity index (χ0) is 26.2. The summed E-state index contributed by atoms with van der Waals surface area (Å²) < 4.78 is 5.73. The lowest BCUT2D eigenvalue weighted by molar-refractivity contribution is -0.133. The van der Waals surface area contributed by atoms with Crippen LogP contribution in [0.3, 0.4) is 0 Å². The van der Waals surface area contributed by atoms with Crippen molar-refractivity contribution in [2.45, 2.75) is 24.7 Å². The van der Waals surface area contributed by atoms with Crippen molar-refractivity contribution in [3.05, 3.63) is 53.9 Å². The van der Waals surface area contributed by atoms with Crippen LogP contribution in [0.4, 0.5) is 5.69 Å². The molecule has 0 bridgehead atoms. The largest absolute Gasteiger partial charge is 0.484 e. The van der Waals surface area contributed by atoms with Gasteiger partial charge in [0, 0.05) is 82.3 Å². The predicted molar refractivity (Wildman–Crippen MR) is 137 cm³/mol. The monoisotopic (exact) mass is 507 g/mol. The molecule has 2 saturated heterocycles. The molecule has 1 N–H and O–H groups in total. The van der Waals surface area contributed by atoms with E-state index in [2.05, 4.69) is 15.2 Å². The highest BCUT2D eigenvalue weighted by Gasteiger charge is 2.31. The molecule has 0 radical (unpaired) electrons. The Labute approximate surface area is 216 Å². The van der Waals surface area contributed by atoms with Gasteiger partial charge in [-0.2, -0.15) is 0 Å². The van der Waals surface area contributed by atoms with Gasteiger partial charge in [-0.3, -0.25) is 19.4 Å². The van der Waals surface area contributed by atoms with E-state index in [0.29, 0.717) is 63.8 Å². The lowest BCUT2D eigenvalue weighted by Crippen LogP contribution is -2.51. The van der Waals surface area contributed by atoms with Gasteiger partial charge >= 0.3 is 0 Å². The highest BCUT2D eigenvalue weighted by atomic mass is 16.5. The van der Waals surface area contributed by atoms with Gasteiger partial charge in [0.1, 0.15) is 12.0 Å². The van der Waals surface area contributed by atoms with Crippen LogP contribution in [0.5, 0.6) is 5.75 Å². The number of carbonyl (C=O) groups excluding carboxylic acids is 4. The maximum atomic E-state index is 12.8. The van der Waals surface area contributed by atoms with E-state index in [1.165, 1.54) is 0 Å². The highest BCUT2D eigenvalue weighted by Crippen LogP contribution is 2.33. The number of piperazine rings is 1. The molecule has 3 heterocycles. The second-order valence-electron chi connectivity index (χ2n) is 9.33. The van der Waals surface area contributed by atoms with E-state index in [1.807, 2.05) is 17.2 Å². The van der Waals surface area contributed by atoms with Crippen LogP contribution < -0.4 is 15.0 Å². The van der Waals surface area contributed by atoms with Gasteiger partial charge in [-0.15, -0.1) is 0 Å². The van der Waals surface area contributed by atoms with Gasteiger partial charge in [0.2, 0.25) is 12.3 Å². The van der Waals surface area contributed by atoms with E-state index in [-0.39, 0.29) is 18.4 Å². The van der Waals surface area contributed by atoms with Gasteiger partial charge in [-0.1, -0.05) is 12.1 Å². The maximum absolute atomic E-state index is 12.8. The van der Waals surface area contributed by atoms with Crippen molar-refractivity contribution in [1.29, 1.82) is 0 Å². The van der Waals surface area contributed by atoms with Crippen molar-refractivity contribution in [2.24, 2.45) is 0 Å². The number of pyridine rings is 1. The fourth-order valence-corrected chi connectivity index (χ4v) is 4.88. The van der Waals surface area contributed by atoms with Crippen molar-refractivity contribution in [1.82, 2.24) is 20.1 Å². The number of likely N-dealkylation sites (tertiary alicyclic amines) is 1. The molecule has 4 rings (SSSR count). The van der Waals surface area contributed by atoms with Gasteiger partial charge in [0.05, 0.1) is 5.92 Å². The molecular weight excluding hydrogens is 474 g/mol. The number of anilines is 1. The standard InChI is InChI=1S/C27H33N5O5/c1-28-27(36)23(3-2-14-33)20-4-6-22(7-5-20)37-18-26(35)32-12-10-31(11-13-32)25-8-9-29-15-24(25)21-16-30(17-21)19-34/h4-9,14-15,19,21,23H,2-3,10-13,16-18H2,1H3,(H,28,36). The second-order valence-corrected chi connectivity index (χ2v) is 9.33. The Bertz CT molecular complexity index is 1090. The van der Waals surface area contributed by atoms with Gasteiger partial charge in [-0.05, 0) is 30.2 Å². The molecule has 1 aromatic heterocycles. The molecular formula is C27H33N5O5. The normalized spacial score (nSPS) is 16.5. The average Bonchev–Trinajstić information content (AvgIpc) is 2.92. The molecule has 10 nitrogen and oxygen atoms in total. The smallest absolute Gasteiger partial charge is 0.260 e. The predicted octanol–water partition coefficient (Wildman–Crippen LogP) is 1.17. The average molecular weight is 508 g/mol. The minimum atomic E-state index is -0.406. The Kier molecular flexibility index (Phi) is 8.71. The van der Waals surface area contributed by atoms with Crippen molar-refractivity contribution in [2.75, 3.05) is 57.8 Å². The number of aromatic nitrogens is 1. The Morgan fingerprint density at radius 3 is 2.49 bits per heavy atom. The number of ether oxygens (including phenoxy) is 1. The van der Waals surface area contributed by atoms with Crippen LogP contribution in [0.25, 0.3) is 0 Å². The lowest BCUT2D eigenvalue weighted by Gasteiger charge is -2.41. The van der Waals surface area contributed by atoms with E-state index in [4.69, 9.17) is 4.74 Å². The Morgan fingerprint density at radius 2 is 1.84 bits per heavy atom. The zero-order valence-corrected chi connectivity index (χ0v) is 21.0. The van der Waals surface area contributed by atoms with Crippen LogP contribution in [0.2, 0.25) is 0 Å². The molecule has 2 aliphatic rings. The summed E-state index contributed by atoms with van der Waals surface area (Å²) in [5, 5.41) is 2.64. The number of carbonyl (C=O) groups is 4. The first-order chi connectivity index (χ1) is 18.0. The first-order valence-electron chi connectivity index (χ1n) is 12.6. The lowest BCUT2D eigenvalue weighted by atomic mass is 9.91. The quantitative estimate of drug-likeness (QED) is 0.455. The number of nitrogens with one attached hydrogen (secondary N) is 1. The number of amides is 3. The van der Waals surface area contributed by atoms with E-state index in [1.54, 1.807) is 42.4 Å². The Morgan fingerprint density at radius 1 is 1.11 bits per heavy atom. The molecule has 3 amide bonds. The van der Waals surface area contributed by atoms with Crippen molar-refractivity contribution in [3.8, 4) is 5.75 Å². The molecule has 1 atom stereocenters. The molecule has 37 heavy (non-hydrogen) atoms. The van der Waals surface area contributed by atoms with E-state index >= 15 is 0 Å². The van der Waals surface area contributed by atoms with Crippen LogP contribution in [0.15, 0.2) is 42.7 Å². The third-order valence-corrected chi connectivity index (χ3v) is 7.08. The zero-order valence-electron chi connectivity index (χ0n) is 21.0. The van der Waals surface area contributed by atoms with Gasteiger partial charge in [0.15, 0.2) is 6.61 Å². The third kappa shape index (κ3) is 6.25. The molecule has 1 unspecified atom stereocenters. The summed E-state index contributed by atoms with van der Waals surface area (Å²) in [5.41, 5.74) is 3.07. The van der Waals surface area contributed by atoms with E-state index < -0.39 is 5.92 Å². The fraction of sp³-hybridized carbons (Fsp3) is 0.444. The summed E-state index contributed by atoms with van der Waals surface area (Å²) in [6.07, 6.45) is 6.10. The van der Waals surface area contributed by atoms with Crippen molar-refractivity contribution >= 4 is 30.2 Å². The van der Waals surface area contributed by atoms with Crippen LogP contribution in [-0.2, 0) is 19.2 Å². The molecule has 2 fully saturated rings. The number of hydrogen-bond donors (Lipinski definition) is 1. The summed E-state index contributed by atoms with van der Waals surface area (Å²) in [6.45, 7) is 3.98. The fourth-order valence-electron chi connectivity index (χ4n) is 4.88. The molecule has 0 spiro atoms. The summed E-state index contributed by atoms with van der Waals surface area (Å²) in [6, 6.07) is 9.10. The SMILES string of the molecule is CNC(=O)C(CCC=O)c1ccc(OCC(=O)N2CCN(c3ccncc3C3CN(C=O)C3)CC2)cc1. The van der Waals surface area contributed by atoms with Crippen LogP contribution >= 0.6 is 0 Å². The number of rotatable bonds is 11. The van der Waals surface area contributed by atoms with Crippen LogP contribution in [-0.4, -0.2) is 92.2 Å². The van der Waals surface area contributed by atoms with Gasteiger partial charge < -0.3 is 29.5 Å². The topological polar surface area (TPSA) is 112 Å². The van der Waals surface area contributed by atoms with E-state index in [9.17, 15) is 19.2 Å². The van der Waals surface area contributed by atoms with Crippen molar-refractivity contribution < 1.29 is 23.9 Å². The number of hydrogen-bond acceptors (Lipinski definition) is 7. The highest BCUT2D eigenvalue weighted by molar-refractivity contribution is 5.83. The summed E-state index contributed by atoms with van der Waals surface area (Å²) >= 11 is 0. The Hall–Kier alpha value is -3.95. The number of likely N-dealkylation sites (N-methyl/N-ethyl adjacent to an activating group) is 1. The molecule has 196 valence electrons. The summed E-state index contributed by atoms with van der Waals surface area (Å²) in [4.78, 5) is 56.8. The molecule has 0 saturated carbocycles. The maximum Gasteiger partial charge on any atom is 0.260 e. The second kappa shape index (κ2) is 12.3. The molecule has 2 aromatic rings. The van der Waals surface area contributed by atoms with Crippen LogP contribution in [0.1, 0.15) is 35.8 Å². The van der Waals surface area contributed by atoms with Crippen molar-refractivity contribution in [3.63, 3.8) is 0 Å². The third-order valence-electron chi connectivity index (χ3n) is 7.08. The molecule has 0 aliphatic carbocycles. The first-order valence-corrected chi connectivity index (χ1v) is 12.6. The molecule has 2 aliphatic heterocycles. The van der Waals surface area contributed by atoms with Gasteiger partial charge in [0.25, 0.3) is 5.91 Å².